The zero-order valence-electron chi connectivity index (χ0n) is 16.1. The van der Waals surface area contributed by atoms with Crippen LogP contribution in [0.5, 0.6) is 0 Å². The molecule has 134 valence electrons. The van der Waals surface area contributed by atoms with Crippen LogP contribution in [0, 0.1) is 13.8 Å². The van der Waals surface area contributed by atoms with E-state index in [1.54, 1.807) is 5.56 Å². The van der Waals surface area contributed by atoms with E-state index in [9.17, 15) is 0 Å². The van der Waals surface area contributed by atoms with Gasteiger partial charge in [-0.05, 0) is 44.2 Å². The summed E-state index contributed by atoms with van der Waals surface area (Å²) in [6.45, 7) is 11.6. The van der Waals surface area contributed by atoms with Crippen molar-refractivity contribution in [2.45, 2.75) is 79.3 Å². The highest BCUT2D eigenvalue weighted by molar-refractivity contribution is 7.75. The van der Waals surface area contributed by atoms with Gasteiger partial charge in [-0.2, -0.15) is 0 Å². The van der Waals surface area contributed by atoms with Crippen molar-refractivity contribution >= 4 is 7.26 Å². The standard InChI is InChI=1S/C21H38P.ClH/c1-6-9-14-22(15-10-7-2,16-11-8-3)18-21-13-12-19(4)17-20(21)5;/h12-13,17H,6-11,14-16,18H2,1-5H3;1H/q+1;/p-1. The highest BCUT2D eigenvalue weighted by Crippen LogP contribution is 2.63. The molecule has 2 heteroatoms. The van der Waals surface area contributed by atoms with Crippen molar-refractivity contribution in [3.8, 4) is 0 Å². The average Bonchev–Trinajstić information content (AvgIpc) is 2.51. The second kappa shape index (κ2) is 12.3. The van der Waals surface area contributed by atoms with E-state index in [1.807, 2.05) is 0 Å². The van der Waals surface area contributed by atoms with Gasteiger partial charge in [0.15, 0.2) is 0 Å². The van der Waals surface area contributed by atoms with Gasteiger partial charge in [0.25, 0.3) is 0 Å². The molecule has 1 aromatic rings. The molecule has 0 saturated heterocycles. The molecule has 0 nitrogen and oxygen atoms in total. The molecule has 0 bridgehead atoms. The van der Waals surface area contributed by atoms with Gasteiger partial charge in [-0.3, -0.25) is 0 Å². The fourth-order valence-electron chi connectivity index (χ4n) is 3.44. The predicted molar refractivity (Wildman–Crippen MR) is 106 cm³/mol. The number of hydrogen-bond donors (Lipinski definition) is 0. The van der Waals surface area contributed by atoms with Crippen LogP contribution in [0.3, 0.4) is 0 Å². The lowest BCUT2D eigenvalue weighted by Gasteiger charge is -2.29. The first kappa shape index (κ1) is 22.9. The van der Waals surface area contributed by atoms with Crippen LogP contribution in [-0.4, -0.2) is 18.5 Å². The summed E-state index contributed by atoms with van der Waals surface area (Å²) in [5, 5.41) is 0. The average molecular weight is 357 g/mol. The Morgan fingerprint density at radius 3 is 1.65 bits per heavy atom. The molecule has 1 rings (SSSR count). The third-order valence-corrected chi connectivity index (χ3v) is 9.77. The molecule has 1 aromatic carbocycles. The van der Waals surface area contributed by atoms with E-state index in [4.69, 9.17) is 0 Å². The van der Waals surface area contributed by atoms with E-state index < -0.39 is 7.26 Å². The van der Waals surface area contributed by atoms with Crippen LogP contribution < -0.4 is 12.4 Å². The zero-order valence-corrected chi connectivity index (χ0v) is 17.8. The molecule has 0 aromatic heterocycles. The second-order valence-electron chi connectivity index (χ2n) is 7.16. The first-order valence-corrected chi connectivity index (χ1v) is 12.0. The van der Waals surface area contributed by atoms with Gasteiger partial charge in [-0.15, -0.1) is 0 Å². The normalized spacial score (nSPS) is 11.3. The minimum Gasteiger partial charge on any atom is -1.00 e. The molecule has 0 saturated carbocycles. The molecule has 0 atom stereocenters. The van der Waals surface area contributed by atoms with Crippen molar-refractivity contribution in [3.05, 3.63) is 34.9 Å². The molecular weight excluding hydrogens is 319 g/mol. The summed E-state index contributed by atoms with van der Waals surface area (Å²) >= 11 is 0. The van der Waals surface area contributed by atoms with Crippen LogP contribution in [0.1, 0.15) is 76.0 Å². The minimum atomic E-state index is -0.810. The molecule has 0 spiro atoms. The Balaban J connectivity index is 0.00000484. The molecule has 0 radical (unpaired) electrons. The zero-order chi connectivity index (χ0) is 16.4. The molecule has 0 amide bonds. The number of benzene rings is 1. The maximum atomic E-state index is 2.42. The summed E-state index contributed by atoms with van der Waals surface area (Å²) in [7, 11) is -0.810. The fraction of sp³-hybridized carbons (Fsp3) is 0.714. The molecule has 0 heterocycles. The summed E-state index contributed by atoms with van der Waals surface area (Å²) in [5.74, 6) is 0. The van der Waals surface area contributed by atoms with Crippen LogP contribution in [0.15, 0.2) is 18.2 Å². The van der Waals surface area contributed by atoms with Gasteiger partial charge in [-0.1, -0.05) is 63.8 Å². The smallest absolute Gasteiger partial charge is 0.0845 e. The topological polar surface area (TPSA) is 0 Å². The second-order valence-corrected chi connectivity index (χ2v) is 11.5. The summed E-state index contributed by atoms with van der Waals surface area (Å²) in [4.78, 5) is 0. The van der Waals surface area contributed by atoms with Gasteiger partial charge in [0, 0.05) is 7.26 Å². The maximum Gasteiger partial charge on any atom is 0.0845 e. The lowest BCUT2D eigenvalue weighted by atomic mass is 10.1. The molecule has 0 unspecified atom stereocenters. The van der Waals surface area contributed by atoms with Crippen LogP contribution in [0.2, 0.25) is 0 Å². The van der Waals surface area contributed by atoms with E-state index in [0.717, 1.165) is 0 Å². The monoisotopic (exact) mass is 356 g/mol. The molecule has 23 heavy (non-hydrogen) atoms. The Morgan fingerprint density at radius 2 is 1.26 bits per heavy atom. The van der Waals surface area contributed by atoms with E-state index in [2.05, 4.69) is 52.8 Å². The third-order valence-electron chi connectivity index (χ3n) is 4.96. The molecule has 0 N–H and O–H groups in total. The number of hydrogen-bond acceptors (Lipinski definition) is 0. The van der Waals surface area contributed by atoms with Crippen LogP contribution in [0.4, 0.5) is 0 Å². The van der Waals surface area contributed by atoms with Crippen molar-refractivity contribution in [1.29, 1.82) is 0 Å². The van der Waals surface area contributed by atoms with Crippen LogP contribution >= 0.6 is 7.26 Å². The van der Waals surface area contributed by atoms with Gasteiger partial charge in [0.05, 0.1) is 24.6 Å². The van der Waals surface area contributed by atoms with Gasteiger partial charge >= 0.3 is 0 Å². The molecular formula is C21H38ClP. The predicted octanol–water partition coefficient (Wildman–Crippen LogP) is 4.23. The van der Waals surface area contributed by atoms with Crippen molar-refractivity contribution in [3.63, 3.8) is 0 Å². The lowest BCUT2D eigenvalue weighted by molar-refractivity contribution is -0.00000509. The van der Waals surface area contributed by atoms with Crippen LogP contribution in [0.25, 0.3) is 0 Å². The van der Waals surface area contributed by atoms with E-state index in [0.29, 0.717) is 0 Å². The Kier molecular flexibility index (Phi) is 12.3. The minimum absolute atomic E-state index is 0. The molecule has 0 aliphatic rings. The van der Waals surface area contributed by atoms with Crippen molar-refractivity contribution in [2.24, 2.45) is 0 Å². The van der Waals surface area contributed by atoms with Gasteiger partial charge < -0.3 is 12.4 Å². The largest absolute Gasteiger partial charge is 1.00 e. The SMILES string of the molecule is CCCC[P+](CCCC)(CCCC)Cc1ccc(C)cc1C.[Cl-]. The number of rotatable bonds is 11. The summed E-state index contributed by atoms with van der Waals surface area (Å²) in [6, 6.07) is 7.11. The van der Waals surface area contributed by atoms with Gasteiger partial charge in [-0.25, -0.2) is 0 Å². The Labute approximate surface area is 152 Å². The van der Waals surface area contributed by atoms with Crippen LogP contribution in [-0.2, 0) is 6.16 Å². The van der Waals surface area contributed by atoms with Gasteiger partial charge in [0.2, 0.25) is 0 Å². The first-order chi connectivity index (χ1) is 10.6. The highest BCUT2D eigenvalue weighted by atomic mass is 35.5. The third kappa shape index (κ3) is 8.04. The van der Waals surface area contributed by atoms with Crippen molar-refractivity contribution < 1.29 is 12.4 Å². The Hall–Kier alpha value is -0.0600. The summed E-state index contributed by atoms with van der Waals surface area (Å²) in [5.41, 5.74) is 4.57. The first-order valence-electron chi connectivity index (χ1n) is 9.48. The Morgan fingerprint density at radius 1 is 0.783 bits per heavy atom. The maximum absolute atomic E-state index is 2.42. The molecule has 0 fully saturated rings. The fourth-order valence-corrected chi connectivity index (χ4v) is 8.62. The number of unbranched alkanes of at least 4 members (excludes halogenated alkanes) is 3. The van der Waals surface area contributed by atoms with Gasteiger partial charge in [0.1, 0.15) is 0 Å². The van der Waals surface area contributed by atoms with E-state index in [1.165, 1.54) is 74.3 Å². The van der Waals surface area contributed by atoms with Crippen molar-refractivity contribution in [1.82, 2.24) is 0 Å². The van der Waals surface area contributed by atoms with E-state index in [-0.39, 0.29) is 12.4 Å². The summed E-state index contributed by atoms with van der Waals surface area (Å²) in [6.07, 6.45) is 14.3. The van der Waals surface area contributed by atoms with Crippen molar-refractivity contribution in [2.75, 3.05) is 18.5 Å². The lowest BCUT2D eigenvalue weighted by Crippen LogP contribution is -3.00. The molecule has 0 aliphatic heterocycles. The number of halogens is 1. The van der Waals surface area contributed by atoms with E-state index >= 15 is 0 Å². The highest BCUT2D eigenvalue weighted by Gasteiger charge is 2.35. The number of aryl methyl sites for hydroxylation is 2. The quantitative estimate of drug-likeness (QED) is 0.520. The summed E-state index contributed by atoms with van der Waals surface area (Å²) < 4.78 is 0. The Bertz CT molecular complexity index is 406. The molecule has 0 aliphatic carbocycles.